The molecule has 3 N–H and O–H groups in total. The molecule has 3 atom stereocenters. The molecular weight excluding hydrogens is 542 g/mol. The maximum absolute atomic E-state index is 13.5. The lowest BCUT2D eigenvalue weighted by atomic mass is 10.0. The maximum atomic E-state index is 13.5. The van der Waals surface area contributed by atoms with Gasteiger partial charge in [-0.1, -0.05) is 24.3 Å². The summed E-state index contributed by atoms with van der Waals surface area (Å²) in [7, 11) is 0. The third-order valence-electron chi connectivity index (χ3n) is 7.90. The van der Waals surface area contributed by atoms with E-state index in [1.807, 2.05) is 12.1 Å². The summed E-state index contributed by atoms with van der Waals surface area (Å²) in [6.45, 7) is 1.69. The molecule has 2 heterocycles. The Balaban J connectivity index is 1.18. The van der Waals surface area contributed by atoms with Crippen molar-refractivity contribution in [2.75, 3.05) is 19.6 Å². The first-order valence-electron chi connectivity index (χ1n) is 14.3. The van der Waals surface area contributed by atoms with Crippen molar-refractivity contribution in [1.29, 1.82) is 0 Å². The summed E-state index contributed by atoms with van der Waals surface area (Å²) in [4.78, 5) is 47.2. The lowest BCUT2D eigenvalue weighted by Crippen LogP contribution is -2.52. The molecule has 9 nitrogen and oxygen atoms in total. The molecule has 1 aromatic heterocycles. The Morgan fingerprint density at radius 3 is 2.33 bits per heavy atom. The molecule has 0 spiro atoms. The molecule has 11 heteroatoms. The summed E-state index contributed by atoms with van der Waals surface area (Å²) >= 11 is 0. The van der Waals surface area contributed by atoms with Gasteiger partial charge < -0.3 is 20.9 Å². The number of carbonyl (C=O) groups is 3. The number of likely N-dealkylation sites (tertiary alicyclic amines) is 1. The van der Waals surface area contributed by atoms with Crippen LogP contribution >= 0.6 is 0 Å². The Hall–Kier alpha value is -4.25. The summed E-state index contributed by atoms with van der Waals surface area (Å²) < 4.78 is 26.4. The lowest BCUT2D eigenvalue weighted by Gasteiger charge is -2.34. The fourth-order valence-electron chi connectivity index (χ4n) is 5.41. The van der Waals surface area contributed by atoms with E-state index >= 15 is 0 Å². The molecule has 3 aromatic rings. The maximum Gasteiger partial charge on any atom is 0.251 e. The minimum Gasteiger partial charge on any atom is -0.356 e. The Morgan fingerprint density at radius 2 is 1.67 bits per heavy atom. The SMILES string of the molecule is O=CNC1CCN(C(=O)[C@H](CCCN[C@@H]2C[C@H]2c2ccc(F)cc2)NC(=O)c2ccc(-c3ncc(F)cn3)cc2)CC1. The van der Waals surface area contributed by atoms with Crippen molar-refractivity contribution in [3.8, 4) is 11.4 Å². The van der Waals surface area contributed by atoms with Gasteiger partial charge in [-0.3, -0.25) is 14.4 Å². The van der Waals surface area contributed by atoms with Gasteiger partial charge in [0.25, 0.3) is 5.91 Å². The van der Waals surface area contributed by atoms with Crippen LogP contribution in [0, 0.1) is 11.6 Å². The Labute approximate surface area is 243 Å². The van der Waals surface area contributed by atoms with Crippen LogP contribution in [0.25, 0.3) is 11.4 Å². The Bertz CT molecular complexity index is 1360. The quantitative estimate of drug-likeness (QED) is 0.225. The van der Waals surface area contributed by atoms with Gasteiger partial charge in [0.15, 0.2) is 11.6 Å². The first kappa shape index (κ1) is 29.2. The van der Waals surface area contributed by atoms with Gasteiger partial charge >= 0.3 is 0 Å². The molecule has 0 unspecified atom stereocenters. The highest BCUT2D eigenvalue weighted by Gasteiger charge is 2.37. The number of halogens is 2. The minimum absolute atomic E-state index is 0.0417. The second-order valence-electron chi connectivity index (χ2n) is 10.8. The van der Waals surface area contributed by atoms with Gasteiger partial charge in [-0.05, 0) is 68.5 Å². The van der Waals surface area contributed by atoms with Crippen LogP contribution in [-0.4, -0.2) is 70.9 Å². The molecule has 0 radical (unpaired) electrons. The fourth-order valence-corrected chi connectivity index (χ4v) is 5.41. The second-order valence-corrected chi connectivity index (χ2v) is 10.8. The third-order valence-corrected chi connectivity index (χ3v) is 7.90. The van der Waals surface area contributed by atoms with Crippen molar-refractivity contribution < 1.29 is 23.2 Å². The third kappa shape index (κ3) is 7.52. The zero-order chi connectivity index (χ0) is 29.5. The number of nitrogens with one attached hydrogen (secondary N) is 3. The molecule has 1 aliphatic carbocycles. The smallest absolute Gasteiger partial charge is 0.251 e. The van der Waals surface area contributed by atoms with Gasteiger partial charge in [-0.25, -0.2) is 18.7 Å². The van der Waals surface area contributed by atoms with Crippen molar-refractivity contribution in [2.24, 2.45) is 0 Å². The van der Waals surface area contributed by atoms with E-state index in [1.165, 1.54) is 12.1 Å². The fraction of sp³-hybridized carbons (Fsp3) is 0.387. The molecule has 1 saturated carbocycles. The zero-order valence-electron chi connectivity index (χ0n) is 23.1. The van der Waals surface area contributed by atoms with Gasteiger partial charge in [0.1, 0.15) is 11.9 Å². The average molecular weight is 577 g/mol. The standard InChI is InChI=1S/C31H34F2N6O3/c32-23-9-7-20(8-10-23)26-16-28(26)34-13-1-2-27(31(42)39-14-11-25(12-15-39)37-19-40)38-30(41)22-5-3-21(4-6-22)29-35-17-24(33)18-36-29/h3-10,17-19,25-28,34H,1-2,11-16H2,(H,37,40)(H,38,41)/t26-,27-,28+/m0/s1. The summed E-state index contributed by atoms with van der Waals surface area (Å²) in [6, 6.07) is 12.9. The van der Waals surface area contributed by atoms with Crippen LogP contribution < -0.4 is 16.0 Å². The van der Waals surface area contributed by atoms with Crippen molar-refractivity contribution in [1.82, 2.24) is 30.8 Å². The Kier molecular flexibility index (Phi) is 9.48. The molecule has 1 aliphatic heterocycles. The van der Waals surface area contributed by atoms with Crippen LogP contribution in [0.2, 0.25) is 0 Å². The van der Waals surface area contributed by atoms with E-state index in [2.05, 4.69) is 25.9 Å². The molecular formula is C31H34F2N6O3. The number of hydrogen-bond donors (Lipinski definition) is 3. The highest BCUT2D eigenvalue weighted by Crippen LogP contribution is 2.40. The molecule has 3 amide bonds. The van der Waals surface area contributed by atoms with E-state index in [1.54, 1.807) is 29.2 Å². The molecule has 0 bridgehead atoms. The van der Waals surface area contributed by atoms with E-state index in [9.17, 15) is 23.2 Å². The van der Waals surface area contributed by atoms with Gasteiger partial charge in [0.2, 0.25) is 12.3 Å². The number of rotatable bonds is 12. The summed E-state index contributed by atoms with van der Waals surface area (Å²) in [5.74, 6) is -0.594. The summed E-state index contributed by atoms with van der Waals surface area (Å²) in [5, 5.41) is 9.23. The van der Waals surface area contributed by atoms with Gasteiger partial charge in [-0.15, -0.1) is 0 Å². The van der Waals surface area contributed by atoms with Crippen molar-refractivity contribution in [3.63, 3.8) is 0 Å². The zero-order valence-corrected chi connectivity index (χ0v) is 23.1. The largest absolute Gasteiger partial charge is 0.356 e. The molecule has 42 heavy (non-hydrogen) atoms. The van der Waals surface area contributed by atoms with Crippen LogP contribution in [0.5, 0.6) is 0 Å². The van der Waals surface area contributed by atoms with Gasteiger partial charge in [0, 0.05) is 42.2 Å². The number of carbonyl (C=O) groups excluding carboxylic acids is 3. The summed E-state index contributed by atoms with van der Waals surface area (Å²) in [6.07, 6.45) is 6.28. The molecule has 220 valence electrons. The van der Waals surface area contributed by atoms with Crippen molar-refractivity contribution in [2.45, 2.75) is 56.1 Å². The molecule has 1 saturated heterocycles. The predicted octanol–water partition coefficient (Wildman–Crippen LogP) is 3.18. The number of piperidine rings is 1. The number of hydrogen-bond acceptors (Lipinski definition) is 6. The van der Waals surface area contributed by atoms with Crippen LogP contribution in [-0.2, 0) is 9.59 Å². The van der Waals surface area contributed by atoms with Crippen LogP contribution in [0.4, 0.5) is 8.78 Å². The topological polar surface area (TPSA) is 116 Å². The van der Waals surface area contributed by atoms with Crippen LogP contribution in [0.3, 0.4) is 0 Å². The minimum atomic E-state index is -0.706. The number of amides is 3. The lowest BCUT2D eigenvalue weighted by molar-refractivity contribution is -0.134. The predicted molar refractivity (Wildman–Crippen MR) is 152 cm³/mol. The normalized spacial score (nSPS) is 19.1. The molecule has 5 rings (SSSR count). The Morgan fingerprint density at radius 1 is 0.976 bits per heavy atom. The number of aromatic nitrogens is 2. The van der Waals surface area contributed by atoms with Crippen molar-refractivity contribution >= 4 is 18.2 Å². The summed E-state index contributed by atoms with van der Waals surface area (Å²) in [5.41, 5.74) is 2.13. The molecule has 2 fully saturated rings. The van der Waals surface area contributed by atoms with E-state index in [0.717, 1.165) is 24.4 Å². The average Bonchev–Trinajstić information content (AvgIpc) is 3.79. The number of nitrogens with zero attached hydrogens (tertiary/aromatic N) is 3. The highest BCUT2D eigenvalue weighted by molar-refractivity contribution is 5.97. The van der Waals surface area contributed by atoms with Crippen LogP contribution in [0.1, 0.15) is 53.9 Å². The molecule has 2 aliphatic rings. The molecule has 2 aromatic carbocycles. The van der Waals surface area contributed by atoms with Gasteiger partial charge in [0.05, 0.1) is 12.4 Å². The van der Waals surface area contributed by atoms with Crippen LogP contribution in [0.15, 0.2) is 60.9 Å². The van der Waals surface area contributed by atoms with E-state index < -0.39 is 11.9 Å². The highest BCUT2D eigenvalue weighted by atomic mass is 19.1. The van der Waals surface area contributed by atoms with E-state index in [0.29, 0.717) is 80.6 Å². The first-order chi connectivity index (χ1) is 20.4. The first-order valence-corrected chi connectivity index (χ1v) is 14.3. The number of benzene rings is 2. The van der Waals surface area contributed by atoms with E-state index in [-0.39, 0.29) is 23.7 Å². The van der Waals surface area contributed by atoms with Gasteiger partial charge in [-0.2, -0.15) is 0 Å². The second kappa shape index (κ2) is 13.6. The monoisotopic (exact) mass is 576 g/mol. The van der Waals surface area contributed by atoms with Crippen molar-refractivity contribution in [3.05, 3.63) is 83.7 Å². The van der Waals surface area contributed by atoms with E-state index in [4.69, 9.17) is 0 Å².